The maximum atomic E-state index is 11.5. The van der Waals surface area contributed by atoms with Crippen LogP contribution >= 0.6 is 0 Å². The van der Waals surface area contributed by atoms with Crippen LogP contribution < -0.4 is 5.32 Å². The Morgan fingerprint density at radius 2 is 1.82 bits per heavy atom. The third-order valence-electron chi connectivity index (χ3n) is 3.26. The topological polar surface area (TPSA) is 52.6 Å². The van der Waals surface area contributed by atoms with Crippen molar-refractivity contribution in [3.63, 3.8) is 0 Å². The molecule has 1 amide bonds. The number of carbonyl (C=O) groups excluding carboxylic acids is 1. The van der Waals surface area contributed by atoms with E-state index in [1.165, 1.54) is 12.8 Å². The summed E-state index contributed by atoms with van der Waals surface area (Å²) in [6, 6.07) is 0. The number of amides is 1. The van der Waals surface area contributed by atoms with Crippen LogP contribution in [0.25, 0.3) is 0 Å². The van der Waals surface area contributed by atoms with Crippen molar-refractivity contribution >= 4 is 5.91 Å². The van der Waals surface area contributed by atoms with Crippen LogP contribution in [0.4, 0.5) is 0 Å². The molecule has 1 saturated heterocycles. The summed E-state index contributed by atoms with van der Waals surface area (Å²) in [6.45, 7) is 4.30. The van der Waals surface area contributed by atoms with Crippen LogP contribution in [-0.2, 0) is 4.79 Å². The predicted molar refractivity (Wildman–Crippen MR) is 68.9 cm³/mol. The number of aliphatic hydroxyl groups is 1. The molecule has 1 heterocycles. The molecule has 0 saturated carbocycles. The normalized spacial score (nSPS) is 16.3. The average molecular weight is 242 g/mol. The van der Waals surface area contributed by atoms with Crippen LogP contribution in [0.1, 0.15) is 44.9 Å². The van der Waals surface area contributed by atoms with Crippen LogP contribution in [0.5, 0.6) is 0 Å². The third kappa shape index (κ3) is 7.34. The van der Waals surface area contributed by atoms with Crippen LogP contribution in [0.3, 0.4) is 0 Å². The standard InChI is InChI=1S/C13H26N2O2/c16-12-6-2-1-3-8-14-13(17)7-11-15-9-4-5-10-15/h16H,1-12H2,(H,14,17). The molecule has 0 aromatic heterocycles. The van der Waals surface area contributed by atoms with Gasteiger partial charge in [-0.25, -0.2) is 0 Å². The molecule has 1 aliphatic heterocycles. The molecular weight excluding hydrogens is 216 g/mol. The van der Waals surface area contributed by atoms with Gasteiger partial charge in [-0.05, 0) is 38.8 Å². The van der Waals surface area contributed by atoms with Gasteiger partial charge in [0.15, 0.2) is 0 Å². The van der Waals surface area contributed by atoms with Gasteiger partial charge in [-0.2, -0.15) is 0 Å². The van der Waals surface area contributed by atoms with Gasteiger partial charge < -0.3 is 15.3 Å². The first-order chi connectivity index (χ1) is 8.33. The number of likely N-dealkylation sites (tertiary alicyclic amines) is 1. The highest BCUT2D eigenvalue weighted by molar-refractivity contribution is 5.75. The van der Waals surface area contributed by atoms with Crippen LogP contribution in [0.15, 0.2) is 0 Å². The highest BCUT2D eigenvalue weighted by atomic mass is 16.2. The highest BCUT2D eigenvalue weighted by Gasteiger charge is 2.12. The molecule has 0 aromatic carbocycles. The zero-order chi connectivity index (χ0) is 12.3. The maximum absolute atomic E-state index is 11.5. The van der Waals surface area contributed by atoms with E-state index in [4.69, 9.17) is 5.11 Å². The summed E-state index contributed by atoms with van der Waals surface area (Å²) >= 11 is 0. The predicted octanol–water partition coefficient (Wildman–Crippen LogP) is 1.14. The number of carbonyl (C=O) groups is 1. The summed E-state index contributed by atoms with van der Waals surface area (Å²) in [6.07, 6.45) is 7.25. The molecular formula is C13H26N2O2. The first-order valence-electron chi connectivity index (χ1n) is 6.93. The number of hydrogen-bond acceptors (Lipinski definition) is 3. The lowest BCUT2D eigenvalue weighted by molar-refractivity contribution is -0.121. The Bertz CT molecular complexity index is 204. The zero-order valence-electron chi connectivity index (χ0n) is 10.8. The van der Waals surface area contributed by atoms with E-state index >= 15 is 0 Å². The van der Waals surface area contributed by atoms with Gasteiger partial charge in [0.05, 0.1) is 0 Å². The zero-order valence-corrected chi connectivity index (χ0v) is 10.8. The van der Waals surface area contributed by atoms with Crippen LogP contribution in [0, 0.1) is 0 Å². The molecule has 17 heavy (non-hydrogen) atoms. The second-order valence-electron chi connectivity index (χ2n) is 4.79. The fraction of sp³-hybridized carbons (Fsp3) is 0.923. The van der Waals surface area contributed by atoms with E-state index in [1.807, 2.05) is 0 Å². The molecule has 0 aliphatic carbocycles. The number of nitrogens with zero attached hydrogens (tertiary/aromatic N) is 1. The molecule has 0 bridgehead atoms. The Balaban J connectivity index is 1.87. The number of unbranched alkanes of at least 4 members (excludes halogenated alkanes) is 3. The van der Waals surface area contributed by atoms with Crippen molar-refractivity contribution in [2.24, 2.45) is 0 Å². The van der Waals surface area contributed by atoms with Crippen molar-refractivity contribution in [1.29, 1.82) is 0 Å². The van der Waals surface area contributed by atoms with Crippen LogP contribution in [-0.4, -0.2) is 48.7 Å². The van der Waals surface area contributed by atoms with Crippen molar-refractivity contribution in [2.75, 3.05) is 32.8 Å². The highest BCUT2D eigenvalue weighted by Crippen LogP contribution is 2.07. The minimum Gasteiger partial charge on any atom is -0.396 e. The molecule has 1 fully saturated rings. The minimum atomic E-state index is 0.180. The third-order valence-corrected chi connectivity index (χ3v) is 3.26. The number of nitrogens with one attached hydrogen (secondary N) is 1. The van der Waals surface area contributed by atoms with E-state index in [0.717, 1.165) is 51.9 Å². The Morgan fingerprint density at radius 3 is 2.53 bits per heavy atom. The molecule has 0 aromatic rings. The molecule has 1 rings (SSSR count). The molecule has 4 nitrogen and oxygen atoms in total. The van der Waals surface area contributed by atoms with E-state index in [9.17, 15) is 4.79 Å². The molecule has 1 aliphatic rings. The fourth-order valence-corrected chi connectivity index (χ4v) is 2.17. The van der Waals surface area contributed by atoms with E-state index in [1.54, 1.807) is 0 Å². The lowest BCUT2D eigenvalue weighted by atomic mass is 10.2. The fourth-order valence-electron chi connectivity index (χ4n) is 2.17. The number of aliphatic hydroxyl groups excluding tert-OH is 1. The molecule has 0 radical (unpaired) electrons. The van der Waals surface area contributed by atoms with Crippen molar-refractivity contribution in [2.45, 2.75) is 44.9 Å². The van der Waals surface area contributed by atoms with Gasteiger partial charge in [-0.1, -0.05) is 12.8 Å². The quantitative estimate of drug-likeness (QED) is 0.596. The molecule has 0 unspecified atom stereocenters. The average Bonchev–Trinajstić information content (AvgIpc) is 2.84. The van der Waals surface area contributed by atoms with Gasteiger partial charge in [0.1, 0.15) is 0 Å². The summed E-state index contributed by atoms with van der Waals surface area (Å²) in [5, 5.41) is 11.6. The second kappa shape index (κ2) is 9.42. The van der Waals surface area contributed by atoms with E-state index in [-0.39, 0.29) is 12.5 Å². The van der Waals surface area contributed by atoms with Gasteiger partial charge in [-0.3, -0.25) is 4.79 Å². The Hall–Kier alpha value is -0.610. The molecule has 100 valence electrons. The van der Waals surface area contributed by atoms with Gasteiger partial charge in [0.2, 0.25) is 5.91 Å². The maximum Gasteiger partial charge on any atom is 0.221 e. The van der Waals surface area contributed by atoms with Gasteiger partial charge >= 0.3 is 0 Å². The van der Waals surface area contributed by atoms with Gasteiger partial charge in [0.25, 0.3) is 0 Å². The summed E-state index contributed by atoms with van der Waals surface area (Å²) in [5.74, 6) is 0.180. The van der Waals surface area contributed by atoms with E-state index < -0.39 is 0 Å². The van der Waals surface area contributed by atoms with E-state index in [0.29, 0.717) is 6.42 Å². The minimum absolute atomic E-state index is 0.180. The summed E-state index contributed by atoms with van der Waals surface area (Å²) in [7, 11) is 0. The summed E-state index contributed by atoms with van der Waals surface area (Å²) in [5.41, 5.74) is 0. The molecule has 4 heteroatoms. The smallest absolute Gasteiger partial charge is 0.221 e. The number of hydrogen-bond donors (Lipinski definition) is 2. The summed E-state index contributed by atoms with van der Waals surface area (Å²) in [4.78, 5) is 13.9. The van der Waals surface area contributed by atoms with Crippen molar-refractivity contribution < 1.29 is 9.90 Å². The summed E-state index contributed by atoms with van der Waals surface area (Å²) < 4.78 is 0. The van der Waals surface area contributed by atoms with Crippen LogP contribution in [0.2, 0.25) is 0 Å². The second-order valence-corrected chi connectivity index (χ2v) is 4.79. The monoisotopic (exact) mass is 242 g/mol. The lowest BCUT2D eigenvalue weighted by Crippen LogP contribution is -2.29. The lowest BCUT2D eigenvalue weighted by Gasteiger charge is -2.13. The van der Waals surface area contributed by atoms with E-state index in [2.05, 4.69) is 10.2 Å². The first-order valence-corrected chi connectivity index (χ1v) is 6.93. The van der Waals surface area contributed by atoms with Gasteiger partial charge in [-0.15, -0.1) is 0 Å². The largest absolute Gasteiger partial charge is 0.396 e. The molecule has 2 N–H and O–H groups in total. The first kappa shape index (κ1) is 14.5. The SMILES string of the molecule is O=C(CCN1CCCC1)NCCCCCCO. The molecule has 0 atom stereocenters. The Labute approximate surface area is 104 Å². The Kier molecular flexibility index (Phi) is 8.01. The molecule has 0 spiro atoms. The van der Waals surface area contributed by atoms with Crippen molar-refractivity contribution in [3.05, 3.63) is 0 Å². The number of rotatable bonds is 9. The van der Waals surface area contributed by atoms with Crippen molar-refractivity contribution in [1.82, 2.24) is 10.2 Å². The Morgan fingerprint density at radius 1 is 1.12 bits per heavy atom. The van der Waals surface area contributed by atoms with Crippen molar-refractivity contribution in [3.8, 4) is 0 Å². The van der Waals surface area contributed by atoms with Gasteiger partial charge in [0, 0.05) is 26.1 Å².